The van der Waals surface area contributed by atoms with Gasteiger partial charge in [0.2, 0.25) is 16.6 Å². The number of esters is 3. The van der Waals surface area contributed by atoms with E-state index in [1.165, 1.54) is 14.2 Å². The Morgan fingerprint density at radius 2 is 1.15 bits per heavy atom. The molecule has 0 aromatic carbocycles. The van der Waals surface area contributed by atoms with E-state index in [1.54, 1.807) is 14.2 Å². The first-order valence-electron chi connectivity index (χ1n) is 8.78. The summed E-state index contributed by atoms with van der Waals surface area (Å²) in [6, 6.07) is 0. The Morgan fingerprint density at radius 3 is 1.42 bits per heavy atom. The van der Waals surface area contributed by atoms with E-state index in [0.29, 0.717) is 11.6 Å². The van der Waals surface area contributed by atoms with Crippen molar-refractivity contribution >= 4 is 52.1 Å². The van der Waals surface area contributed by atoms with Gasteiger partial charge in [-0.25, -0.2) is 19.2 Å². The Balaban J connectivity index is -0.0000000895. The number of hydrogen-bond acceptors (Lipinski definition) is 9. The molecular formula is C19H38ClNaO10Si2. The predicted octanol–water partition coefficient (Wildman–Crippen LogP) is -0.182. The van der Waals surface area contributed by atoms with Gasteiger partial charge in [-0.05, 0) is 26.2 Å². The Kier molecular flexibility index (Phi) is 30.9. The number of carbonyl (C=O) groups is 4. The number of rotatable bonds is 9. The summed E-state index contributed by atoms with van der Waals surface area (Å²) >= 11 is 5.53. The molecule has 0 spiro atoms. The van der Waals surface area contributed by atoms with E-state index in [0.717, 1.165) is 18.2 Å². The molecule has 0 aliphatic rings. The van der Waals surface area contributed by atoms with Crippen LogP contribution < -0.4 is 29.6 Å². The molecule has 0 amide bonds. The molecule has 0 bridgehead atoms. The molecule has 0 atom stereocenters. The number of carboxylic acid groups (broad SMARTS) is 1. The van der Waals surface area contributed by atoms with Crippen molar-refractivity contribution in [1.82, 2.24) is 0 Å². The average molecular weight is 541 g/mol. The monoisotopic (exact) mass is 540 g/mol. The van der Waals surface area contributed by atoms with Gasteiger partial charge in [0.05, 0.1) is 14.2 Å². The molecular weight excluding hydrogens is 503 g/mol. The number of alkyl halides is 1. The third-order valence-electron chi connectivity index (χ3n) is 3.11. The first-order chi connectivity index (χ1) is 14.2. The fourth-order valence-electron chi connectivity index (χ4n) is 0.818. The second kappa shape index (κ2) is 24.1. The van der Waals surface area contributed by atoms with Crippen LogP contribution in [0.1, 0.15) is 8.85 Å². The number of methoxy groups -OCH3 is 2. The molecule has 33 heavy (non-hydrogen) atoms. The van der Waals surface area contributed by atoms with Gasteiger partial charge >= 0.3 is 53.4 Å². The van der Waals surface area contributed by atoms with Crippen molar-refractivity contribution < 1.29 is 78.3 Å². The van der Waals surface area contributed by atoms with Crippen molar-refractivity contribution in [1.29, 1.82) is 0 Å². The number of ether oxygens (including phenoxy) is 3. The maximum absolute atomic E-state index is 11.1. The predicted molar refractivity (Wildman–Crippen MR) is 128 cm³/mol. The van der Waals surface area contributed by atoms with Crippen LogP contribution in [0.5, 0.6) is 0 Å². The molecule has 0 fully saturated rings. The summed E-state index contributed by atoms with van der Waals surface area (Å²) in [6.07, 6.45) is 3.86. The van der Waals surface area contributed by atoms with Crippen LogP contribution in [0, 0.1) is 0 Å². The Labute approximate surface area is 227 Å². The van der Waals surface area contributed by atoms with Crippen LogP contribution in [0.25, 0.3) is 0 Å². The quantitative estimate of drug-likeness (QED) is 0.138. The van der Waals surface area contributed by atoms with Crippen molar-refractivity contribution in [3.8, 4) is 0 Å². The number of carbonyl (C=O) groups excluding carboxylic acids is 3. The van der Waals surface area contributed by atoms with E-state index >= 15 is 0 Å². The Bertz CT molecular complexity index is 626. The van der Waals surface area contributed by atoms with Crippen LogP contribution >= 0.6 is 11.6 Å². The molecule has 0 rings (SSSR count). The Hall–Kier alpha value is -0.996. The molecule has 0 aliphatic carbocycles. The maximum Gasteiger partial charge on any atom is 1.00 e. The van der Waals surface area contributed by atoms with Crippen molar-refractivity contribution in [2.45, 2.75) is 33.6 Å². The van der Waals surface area contributed by atoms with Gasteiger partial charge in [0.25, 0.3) is 0 Å². The van der Waals surface area contributed by atoms with E-state index < -0.39 is 40.5 Å². The van der Waals surface area contributed by atoms with Crippen molar-refractivity contribution in [2.75, 3.05) is 40.2 Å². The third-order valence-corrected chi connectivity index (χ3v) is 8.73. The molecule has 0 aromatic heterocycles. The summed E-state index contributed by atoms with van der Waals surface area (Å²) in [7, 11) is 2.43. The van der Waals surface area contributed by atoms with Crippen LogP contribution in [0.15, 0.2) is 24.3 Å². The van der Waals surface area contributed by atoms with Gasteiger partial charge in [0.1, 0.15) is 6.23 Å². The number of hydrogen-bond donors (Lipinski definition) is 1. The topological polar surface area (TPSA) is 135 Å². The minimum atomic E-state index is -1.90. The number of carboxylic acids is 1. The molecule has 10 nitrogen and oxygen atoms in total. The van der Waals surface area contributed by atoms with E-state index in [4.69, 9.17) is 30.3 Å². The van der Waals surface area contributed by atoms with Gasteiger partial charge in [0.15, 0.2) is 0 Å². The van der Waals surface area contributed by atoms with Gasteiger partial charge in [0, 0.05) is 44.0 Å². The van der Waals surface area contributed by atoms with E-state index in [-0.39, 0.29) is 44.6 Å². The number of halogens is 1. The largest absolute Gasteiger partial charge is 1.00 e. The van der Waals surface area contributed by atoms with Gasteiger partial charge in [-0.3, -0.25) is 0 Å². The molecule has 0 aliphatic heterocycles. The van der Waals surface area contributed by atoms with Gasteiger partial charge < -0.3 is 29.6 Å². The van der Waals surface area contributed by atoms with Gasteiger partial charge in [-0.2, -0.15) is 0 Å². The second-order valence-corrected chi connectivity index (χ2v) is 15.9. The molecule has 0 unspecified atom stereocenters. The fourth-order valence-corrected chi connectivity index (χ4v) is 1.86. The summed E-state index contributed by atoms with van der Waals surface area (Å²) in [5.41, 5.74) is 0.684. The molecule has 0 radical (unpaired) electrons. The molecule has 14 heteroatoms. The fraction of sp³-hybridized carbons (Fsp3) is 0.579. The van der Waals surface area contributed by atoms with Crippen LogP contribution in [0.3, 0.4) is 0 Å². The normalized spacial score (nSPS) is 10.3. The zero-order valence-electron chi connectivity index (χ0n) is 21.2. The van der Waals surface area contributed by atoms with Gasteiger partial charge in [-0.15, -0.1) is 11.6 Å². The summed E-state index contributed by atoms with van der Waals surface area (Å²) in [6.45, 7) is 8.01. The molecule has 0 saturated carbocycles. The van der Waals surface area contributed by atoms with Crippen molar-refractivity contribution in [3.05, 3.63) is 24.3 Å². The first-order valence-corrected chi connectivity index (χ1v) is 15.5. The van der Waals surface area contributed by atoms with Crippen LogP contribution in [-0.2, 0) is 42.2 Å². The van der Waals surface area contributed by atoms with Crippen LogP contribution in [0.2, 0.25) is 26.2 Å². The maximum atomic E-state index is 11.1. The molecule has 0 heterocycles. The van der Waals surface area contributed by atoms with Crippen molar-refractivity contribution in [3.63, 3.8) is 0 Å². The van der Waals surface area contributed by atoms with E-state index in [9.17, 15) is 19.2 Å². The summed E-state index contributed by atoms with van der Waals surface area (Å²) < 4.78 is 23.6. The summed E-state index contributed by atoms with van der Waals surface area (Å²) in [5.74, 6) is -2.99. The minimum absolute atomic E-state index is 0. The smallest absolute Gasteiger partial charge is 1.00 e. The number of aliphatic carboxylic acids is 1. The zero-order valence-corrected chi connectivity index (χ0v) is 25.0. The second-order valence-electron chi connectivity index (χ2n) is 6.72. The molecule has 0 aromatic rings. The minimum Gasteiger partial charge on any atom is -1.00 e. The van der Waals surface area contributed by atoms with E-state index in [2.05, 4.69) is 22.6 Å². The standard InChI is InChI=1S/C9H16O5Si.C5H6O4.C4H11ClOSi.CH4.Na.H/c1-12-8(10)5-6-9(11)14-7-15(3,4)13-2;1-9-5(8)3-2-4(6)7;1-6-7(2,3)4-5;;;/h5-6H,7H2,1-4H3;2-3H,1H3,(H,6,7);4H2,1-3H3;1H4;;/q;;;;+1;-1/b6-5+;3-2+;;;;. The summed E-state index contributed by atoms with van der Waals surface area (Å²) in [4.78, 5) is 41.6. The first kappa shape index (κ1) is 42.2. The van der Waals surface area contributed by atoms with Crippen LogP contribution in [-0.4, -0.2) is 85.8 Å². The van der Waals surface area contributed by atoms with E-state index in [1.807, 2.05) is 13.1 Å². The molecule has 0 saturated heterocycles. The SMILES string of the molecule is C.COC(=O)/C=C/C(=O)O.COC(=O)/C=C/C(=O)OC[Si](C)(C)OC.CO[Si](C)(C)CCl.[H-].[Na+]. The third kappa shape index (κ3) is 33.3. The zero-order chi connectivity index (χ0) is 25.1. The molecule has 190 valence electrons. The van der Waals surface area contributed by atoms with Crippen LogP contribution in [0.4, 0.5) is 0 Å². The van der Waals surface area contributed by atoms with Crippen molar-refractivity contribution in [2.24, 2.45) is 0 Å². The summed E-state index contributed by atoms with van der Waals surface area (Å²) in [5, 5.41) is 7.96. The average Bonchev–Trinajstić information content (AvgIpc) is 2.75. The van der Waals surface area contributed by atoms with Gasteiger partial charge in [-0.1, -0.05) is 7.43 Å². The molecule has 1 N–H and O–H groups in total. The Morgan fingerprint density at radius 1 is 0.788 bits per heavy atom.